The molecule has 0 aliphatic carbocycles. The lowest BCUT2D eigenvalue weighted by Gasteiger charge is -2.13. The summed E-state index contributed by atoms with van der Waals surface area (Å²) in [6.45, 7) is 4.59. The summed E-state index contributed by atoms with van der Waals surface area (Å²) in [5.74, 6) is 0.183. The Morgan fingerprint density at radius 2 is 1.65 bits per heavy atom. The van der Waals surface area contributed by atoms with Crippen molar-refractivity contribution in [3.05, 3.63) is 105 Å². The van der Waals surface area contributed by atoms with Gasteiger partial charge in [-0.15, -0.1) is 0 Å². The highest BCUT2D eigenvalue weighted by Gasteiger charge is 2.21. The van der Waals surface area contributed by atoms with Crippen molar-refractivity contribution in [2.45, 2.75) is 13.8 Å². The van der Waals surface area contributed by atoms with Gasteiger partial charge in [0.25, 0.3) is 5.91 Å². The first-order chi connectivity index (χ1) is 22.2. The van der Waals surface area contributed by atoms with Crippen molar-refractivity contribution in [1.29, 1.82) is 0 Å². The number of ether oxygens (including phenoxy) is 3. The van der Waals surface area contributed by atoms with E-state index in [-0.39, 0.29) is 11.3 Å². The molecular formula is C35H32Br2N4O5. The Labute approximate surface area is 283 Å². The van der Waals surface area contributed by atoms with E-state index in [1.54, 1.807) is 30.3 Å². The summed E-state index contributed by atoms with van der Waals surface area (Å²) in [7, 11) is 3.95. The zero-order chi connectivity index (χ0) is 32.8. The fourth-order valence-electron chi connectivity index (χ4n) is 4.86. The largest absolute Gasteiger partial charge is 0.490 e. The molecule has 2 N–H and O–H groups in total. The number of aromatic nitrogens is 1. The molecule has 236 valence electrons. The van der Waals surface area contributed by atoms with Crippen molar-refractivity contribution in [1.82, 2.24) is 10.4 Å². The maximum absolute atomic E-state index is 13.6. The molecule has 4 aromatic carbocycles. The number of fused-ring (bicyclic) bond motifs is 1. The lowest BCUT2D eigenvalue weighted by atomic mass is 10.0. The van der Waals surface area contributed by atoms with E-state index >= 15 is 0 Å². The Bertz CT molecular complexity index is 1920. The van der Waals surface area contributed by atoms with E-state index in [1.165, 1.54) is 6.21 Å². The van der Waals surface area contributed by atoms with Gasteiger partial charge in [0.2, 0.25) is 0 Å². The summed E-state index contributed by atoms with van der Waals surface area (Å²) in [4.78, 5) is 32.1. The van der Waals surface area contributed by atoms with Gasteiger partial charge in [-0.3, -0.25) is 4.79 Å². The van der Waals surface area contributed by atoms with E-state index in [9.17, 15) is 9.59 Å². The number of nitrogens with one attached hydrogen (secondary N) is 2. The minimum Gasteiger partial charge on any atom is -0.490 e. The van der Waals surface area contributed by atoms with Gasteiger partial charge in [-0.1, -0.05) is 46.3 Å². The summed E-state index contributed by atoms with van der Waals surface area (Å²) >= 11 is 6.97. The Balaban J connectivity index is 1.43. The second-order valence-corrected chi connectivity index (χ2v) is 12.1. The number of H-pyrrole nitrogens is 1. The van der Waals surface area contributed by atoms with Crippen molar-refractivity contribution in [3.63, 3.8) is 0 Å². The topological polar surface area (TPSA) is 105 Å². The molecule has 0 unspecified atom stereocenters. The Morgan fingerprint density at radius 3 is 2.37 bits per heavy atom. The normalized spacial score (nSPS) is 11.1. The van der Waals surface area contributed by atoms with Crippen molar-refractivity contribution in [2.75, 3.05) is 32.2 Å². The fourth-order valence-corrected chi connectivity index (χ4v) is 6.20. The summed E-state index contributed by atoms with van der Waals surface area (Å²) in [5, 5.41) is 5.16. The molecule has 0 atom stereocenters. The number of esters is 1. The predicted molar refractivity (Wildman–Crippen MR) is 189 cm³/mol. The lowest BCUT2D eigenvalue weighted by Crippen LogP contribution is -2.19. The van der Waals surface area contributed by atoms with Crippen molar-refractivity contribution in [2.24, 2.45) is 5.10 Å². The molecule has 0 spiro atoms. The Morgan fingerprint density at radius 1 is 0.913 bits per heavy atom. The molecule has 0 aliphatic heterocycles. The summed E-state index contributed by atoms with van der Waals surface area (Å²) in [6.07, 6.45) is 1.43. The van der Waals surface area contributed by atoms with Gasteiger partial charge < -0.3 is 24.1 Å². The van der Waals surface area contributed by atoms with Crippen molar-refractivity contribution in [3.8, 4) is 28.4 Å². The number of halogens is 2. The number of hydrazone groups is 1. The van der Waals surface area contributed by atoms with Crippen LogP contribution in [0.5, 0.6) is 17.2 Å². The van der Waals surface area contributed by atoms with Gasteiger partial charge in [-0.05, 0) is 83.9 Å². The molecule has 0 radical (unpaired) electrons. The molecule has 0 bridgehead atoms. The average molecular weight is 748 g/mol. The second-order valence-electron chi connectivity index (χ2n) is 10.3. The highest BCUT2D eigenvalue weighted by atomic mass is 79.9. The molecule has 46 heavy (non-hydrogen) atoms. The number of aromatic amines is 1. The van der Waals surface area contributed by atoms with E-state index in [2.05, 4.69) is 53.4 Å². The number of hydrogen-bond acceptors (Lipinski definition) is 7. The first kappa shape index (κ1) is 32.8. The van der Waals surface area contributed by atoms with Crippen LogP contribution in [0.4, 0.5) is 5.69 Å². The minimum absolute atomic E-state index is 0.227. The van der Waals surface area contributed by atoms with E-state index in [0.717, 1.165) is 27.7 Å². The molecule has 0 aliphatic rings. The predicted octanol–water partition coefficient (Wildman–Crippen LogP) is 8.21. The van der Waals surface area contributed by atoms with Crippen LogP contribution in [0.25, 0.3) is 22.0 Å². The van der Waals surface area contributed by atoms with E-state index in [1.807, 2.05) is 75.3 Å². The fraction of sp³-hybridized carbons (Fsp3) is 0.171. The lowest BCUT2D eigenvalue weighted by molar-refractivity contribution is 0.0732. The minimum atomic E-state index is -0.603. The third kappa shape index (κ3) is 7.27. The van der Waals surface area contributed by atoms with Crippen molar-refractivity contribution < 1.29 is 23.8 Å². The molecule has 1 heterocycles. The quantitative estimate of drug-likeness (QED) is 0.0611. The van der Waals surface area contributed by atoms with Gasteiger partial charge in [0.1, 0.15) is 5.69 Å². The molecule has 9 nitrogen and oxygen atoms in total. The SMILES string of the molecule is CCOc1ccc(C(=O)Oc2c(Br)cc(Br)cc2C=NNC(=O)c2[nH]c3ccc(N(C)C)cc3c2-c2ccccc2)cc1OCC. The van der Waals surface area contributed by atoms with E-state index in [0.29, 0.717) is 44.9 Å². The molecular weight excluding hydrogens is 716 g/mol. The van der Waals surface area contributed by atoms with Gasteiger partial charge in [0.15, 0.2) is 17.2 Å². The number of nitrogens with zero attached hydrogens (tertiary/aromatic N) is 2. The maximum Gasteiger partial charge on any atom is 0.343 e. The summed E-state index contributed by atoms with van der Waals surface area (Å²) in [5.41, 5.74) is 7.23. The monoisotopic (exact) mass is 746 g/mol. The van der Waals surface area contributed by atoms with Crippen LogP contribution in [0.1, 0.15) is 40.3 Å². The van der Waals surface area contributed by atoms with E-state index < -0.39 is 11.9 Å². The molecule has 5 aromatic rings. The molecule has 5 rings (SSSR count). The number of rotatable bonds is 11. The number of amides is 1. The van der Waals surface area contributed by atoms with Crippen LogP contribution in [0.2, 0.25) is 0 Å². The summed E-state index contributed by atoms with van der Waals surface area (Å²) in [6, 6.07) is 24.1. The average Bonchev–Trinajstić information content (AvgIpc) is 3.43. The Kier molecular flexibility index (Phi) is 10.4. The van der Waals surface area contributed by atoms with Crippen LogP contribution in [0.3, 0.4) is 0 Å². The smallest absolute Gasteiger partial charge is 0.343 e. The van der Waals surface area contributed by atoms with Gasteiger partial charge in [-0.25, -0.2) is 10.2 Å². The van der Waals surface area contributed by atoms with Crippen LogP contribution >= 0.6 is 31.9 Å². The molecule has 1 aromatic heterocycles. The first-order valence-electron chi connectivity index (χ1n) is 14.5. The summed E-state index contributed by atoms with van der Waals surface area (Å²) < 4.78 is 18.3. The van der Waals surface area contributed by atoms with Gasteiger partial charge in [-0.2, -0.15) is 5.10 Å². The highest BCUT2D eigenvalue weighted by molar-refractivity contribution is 9.11. The zero-order valence-corrected chi connectivity index (χ0v) is 28.9. The van der Waals surface area contributed by atoms with Gasteiger partial charge >= 0.3 is 5.97 Å². The van der Waals surface area contributed by atoms with Crippen LogP contribution < -0.4 is 24.5 Å². The maximum atomic E-state index is 13.6. The second kappa shape index (κ2) is 14.7. The number of carbonyl (C=O) groups is 2. The third-order valence-corrected chi connectivity index (χ3v) is 8.02. The van der Waals surface area contributed by atoms with Crippen molar-refractivity contribution >= 4 is 66.5 Å². The number of benzene rings is 4. The number of carbonyl (C=O) groups excluding carboxylic acids is 2. The number of hydrogen-bond donors (Lipinski definition) is 2. The number of anilines is 1. The van der Waals surface area contributed by atoms with Crippen LogP contribution in [-0.4, -0.2) is 50.4 Å². The Hall–Kier alpha value is -4.61. The van der Waals surface area contributed by atoms with Crippen LogP contribution in [0, 0.1) is 0 Å². The molecule has 0 saturated heterocycles. The standard InChI is InChI=1S/C35H32Br2N4O5/c1-5-44-29-15-12-22(17-30(29)45-6-2)35(43)46-33-23(16-24(36)18-27(33)37)20-38-40-34(42)32-31(21-10-8-7-9-11-21)26-19-25(41(3)4)13-14-28(26)39-32/h7-20,39H,5-6H2,1-4H3,(H,40,42). The van der Waals surface area contributed by atoms with Crippen LogP contribution in [0.15, 0.2) is 92.9 Å². The molecule has 0 saturated carbocycles. The highest BCUT2D eigenvalue weighted by Crippen LogP contribution is 2.36. The molecule has 0 fully saturated rings. The molecule has 11 heteroatoms. The van der Waals surface area contributed by atoms with E-state index in [4.69, 9.17) is 14.2 Å². The van der Waals surface area contributed by atoms with Gasteiger partial charge in [0, 0.05) is 46.3 Å². The molecule has 1 amide bonds. The zero-order valence-electron chi connectivity index (χ0n) is 25.7. The first-order valence-corrected chi connectivity index (χ1v) is 16.1. The van der Waals surface area contributed by atoms with Crippen LogP contribution in [-0.2, 0) is 0 Å². The third-order valence-electron chi connectivity index (χ3n) is 6.97. The van der Waals surface area contributed by atoms with Gasteiger partial charge in [0.05, 0.1) is 29.5 Å².